The van der Waals surface area contributed by atoms with E-state index < -0.39 is 0 Å². The topological polar surface area (TPSA) is 3.24 Å². The van der Waals surface area contributed by atoms with Crippen LogP contribution in [-0.4, -0.2) is 23.7 Å². The molecular weight excluding hydrogens is 711 g/mol. The molecule has 0 saturated heterocycles. The minimum absolute atomic E-state index is 0.0144. The minimum Gasteiger partial charge on any atom is -0.311 e. The first kappa shape index (κ1) is 41.6. The van der Waals surface area contributed by atoms with Crippen LogP contribution < -0.4 is 4.90 Å². The predicted octanol–water partition coefficient (Wildman–Crippen LogP) is 15.0. The number of anilines is 3. The number of rotatable bonds is 14. The number of benzene rings is 5. The van der Waals surface area contributed by atoms with Crippen molar-refractivity contribution in [2.45, 2.75) is 23.6 Å². The van der Waals surface area contributed by atoms with Crippen molar-refractivity contribution in [3.05, 3.63) is 204 Å². The Balaban J connectivity index is 0.00000209. The van der Waals surface area contributed by atoms with Gasteiger partial charge in [-0.1, -0.05) is 147 Å². The number of allylic oxidation sites excluding steroid dienone is 6. The maximum Gasteiger partial charge on any atom is 0.0462 e. The van der Waals surface area contributed by atoms with Gasteiger partial charge in [0.1, 0.15) is 0 Å². The van der Waals surface area contributed by atoms with Crippen LogP contribution in [-0.2, 0) is 0 Å². The predicted molar refractivity (Wildman–Crippen MR) is 256 cm³/mol. The zero-order chi connectivity index (χ0) is 38.7. The van der Waals surface area contributed by atoms with E-state index in [1.807, 2.05) is 25.2 Å². The zero-order valence-corrected chi connectivity index (χ0v) is 34.2. The van der Waals surface area contributed by atoms with Crippen LogP contribution in [0.4, 0.5) is 17.1 Å². The van der Waals surface area contributed by atoms with Crippen LogP contribution in [0.3, 0.4) is 0 Å². The molecule has 5 rings (SSSR count). The highest BCUT2D eigenvalue weighted by atomic mass is 32.2. The molecule has 2 atom stereocenters. The Hall–Kier alpha value is -5.13. The Morgan fingerprint density at radius 2 is 1.04 bits per heavy atom. The lowest BCUT2D eigenvalue weighted by Gasteiger charge is -2.26. The van der Waals surface area contributed by atoms with E-state index in [-0.39, 0.29) is 21.0 Å². The average Bonchev–Trinajstić information content (AvgIpc) is 3.21. The largest absolute Gasteiger partial charge is 0.311 e. The zero-order valence-electron chi connectivity index (χ0n) is 31.6. The fourth-order valence-corrected chi connectivity index (χ4v) is 7.08. The van der Waals surface area contributed by atoms with Crippen molar-refractivity contribution in [3.8, 4) is 0 Å². The molecule has 0 bridgehead atoms. The molecule has 0 N–H and O–H groups in total. The van der Waals surface area contributed by atoms with Crippen LogP contribution in [0.15, 0.2) is 186 Å². The first-order valence-corrected chi connectivity index (χ1v) is 21.7. The molecule has 0 amide bonds. The Morgan fingerprint density at radius 3 is 1.46 bits per heavy atom. The van der Waals surface area contributed by atoms with Crippen LogP contribution in [0.1, 0.15) is 41.7 Å². The van der Waals surface area contributed by atoms with E-state index in [0.29, 0.717) is 0 Å². The Labute approximate surface area is 335 Å². The molecule has 5 aromatic carbocycles. The lowest BCUT2D eigenvalue weighted by Crippen LogP contribution is -2.09. The maximum atomic E-state index is 4.34. The molecule has 5 aromatic rings. The molecule has 0 spiro atoms. The van der Waals surface area contributed by atoms with Crippen molar-refractivity contribution in [2.75, 3.05) is 16.9 Å². The maximum absolute atomic E-state index is 4.34. The molecule has 0 fully saturated rings. The molecule has 0 heterocycles. The van der Waals surface area contributed by atoms with Gasteiger partial charge in [0.15, 0.2) is 0 Å². The molecular formula is C50H51NS3. The van der Waals surface area contributed by atoms with Crippen LogP contribution in [0.25, 0.3) is 30.4 Å². The SMILES string of the molecule is C=CC.C=C\C=C/C(/C=C/c1ccc(N(c2ccc(/C=C/c3cccc(S(=C)C)c3)cc2)c2ccc(/C=C/c3cccc(S(=C)CC)c3)cc2)cc1)=C\S. The Bertz CT molecular complexity index is 2180. The van der Waals surface area contributed by atoms with Crippen LogP contribution in [0.5, 0.6) is 0 Å². The minimum atomic E-state index is -0.0144. The summed E-state index contributed by atoms with van der Waals surface area (Å²) in [5, 5.41) is 1.78. The normalized spacial score (nSPS) is 12.9. The van der Waals surface area contributed by atoms with Gasteiger partial charge in [-0.15, -0.1) is 6.58 Å². The summed E-state index contributed by atoms with van der Waals surface area (Å²) in [5.74, 6) is 9.56. The summed E-state index contributed by atoms with van der Waals surface area (Å²) in [6, 6.07) is 43.4. The molecule has 0 aliphatic rings. The molecule has 2 unspecified atom stereocenters. The molecule has 0 saturated carbocycles. The number of thiol groups is 1. The summed E-state index contributed by atoms with van der Waals surface area (Å²) in [6.45, 7) is 11.2. The van der Waals surface area contributed by atoms with Crippen LogP contribution in [0, 0.1) is 0 Å². The average molecular weight is 762 g/mol. The summed E-state index contributed by atoms with van der Waals surface area (Å²) in [4.78, 5) is 4.86. The third kappa shape index (κ3) is 12.8. The summed E-state index contributed by atoms with van der Waals surface area (Å²) in [6.07, 6.45) is 22.4. The molecule has 274 valence electrons. The molecule has 0 aliphatic heterocycles. The summed E-state index contributed by atoms with van der Waals surface area (Å²) < 4.78 is 0. The molecule has 1 nitrogen and oxygen atoms in total. The monoisotopic (exact) mass is 761 g/mol. The van der Waals surface area contributed by atoms with Gasteiger partial charge in [0.25, 0.3) is 0 Å². The second kappa shape index (κ2) is 22.2. The van der Waals surface area contributed by atoms with Gasteiger partial charge in [-0.05, 0) is 118 Å². The van der Waals surface area contributed by atoms with Gasteiger partial charge >= 0.3 is 0 Å². The lowest BCUT2D eigenvalue weighted by atomic mass is 10.1. The lowest BCUT2D eigenvalue weighted by molar-refractivity contribution is 1.28. The molecule has 4 heteroatoms. The molecule has 0 radical (unpaired) electrons. The smallest absolute Gasteiger partial charge is 0.0462 e. The van der Waals surface area contributed by atoms with E-state index in [1.165, 1.54) is 20.9 Å². The van der Waals surface area contributed by atoms with Crippen molar-refractivity contribution >= 4 is 92.8 Å². The fraction of sp³-hybridized carbons (Fsp3) is 0.0800. The van der Waals surface area contributed by atoms with Gasteiger partial charge in [0.05, 0.1) is 0 Å². The highest BCUT2D eigenvalue weighted by Gasteiger charge is 2.12. The Kier molecular flexibility index (Phi) is 17.1. The third-order valence-corrected chi connectivity index (χ3v) is 11.2. The van der Waals surface area contributed by atoms with Gasteiger partial charge in [0.2, 0.25) is 0 Å². The van der Waals surface area contributed by atoms with Crippen molar-refractivity contribution in [1.82, 2.24) is 0 Å². The molecule has 0 aromatic heterocycles. The molecule has 0 aliphatic carbocycles. The summed E-state index contributed by atoms with van der Waals surface area (Å²) in [5.41, 5.74) is 10.00. The van der Waals surface area contributed by atoms with E-state index in [4.69, 9.17) is 0 Å². The number of nitrogens with zero attached hydrogens (tertiary/aromatic N) is 1. The Morgan fingerprint density at radius 1 is 0.611 bits per heavy atom. The second-order valence-electron chi connectivity index (χ2n) is 12.3. The standard InChI is InChI=1S/C47H45NS3.C3H6/c1-6-8-11-42(36-49)21-18-39-26-32-45(33-27-39)48(43-28-22-37(23-29-43)16-19-40-12-9-14-46(34-40)50(3)4)44-30-24-38(25-31-44)17-20-41-13-10-15-47(35-41)51(5)7-2;1-3-2/h6,8-36,49H,1,3,5,7H2,2,4H3;3H,1H2,2H3/b11-8-,19-16+,20-17+,21-18+,42-36+;. The highest BCUT2D eigenvalue weighted by molar-refractivity contribution is 8.14. The van der Waals surface area contributed by atoms with Gasteiger partial charge in [-0.2, -0.15) is 33.6 Å². The van der Waals surface area contributed by atoms with Crippen molar-refractivity contribution < 1.29 is 0 Å². The number of hydrogen-bond donors (Lipinski definition) is 1. The first-order chi connectivity index (χ1) is 26.3. The molecule has 54 heavy (non-hydrogen) atoms. The first-order valence-electron chi connectivity index (χ1n) is 17.8. The van der Waals surface area contributed by atoms with E-state index in [1.54, 1.807) is 17.6 Å². The number of hydrogen-bond acceptors (Lipinski definition) is 2. The highest BCUT2D eigenvalue weighted by Crippen LogP contribution is 2.35. The second-order valence-corrected chi connectivity index (χ2v) is 16.3. The summed E-state index contributed by atoms with van der Waals surface area (Å²) >= 11 is 4.34. The van der Waals surface area contributed by atoms with Gasteiger partial charge < -0.3 is 4.90 Å². The van der Waals surface area contributed by atoms with Crippen molar-refractivity contribution in [2.24, 2.45) is 0 Å². The van der Waals surface area contributed by atoms with Gasteiger partial charge in [-0.25, -0.2) is 0 Å². The van der Waals surface area contributed by atoms with Crippen molar-refractivity contribution in [1.29, 1.82) is 0 Å². The van der Waals surface area contributed by atoms with Gasteiger partial charge in [-0.3, -0.25) is 0 Å². The van der Waals surface area contributed by atoms with E-state index >= 15 is 0 Å². The summed E-state index contributed by atoms with van der Waals surface area (Å²) in [7, 11) is 0.0102. The quantitative estimate of drug-likeness (QED) is 0.0388. The fourth-order valence-electron chi connectivity index (χ4n) is 5.35. The van der Waals surface area contributed by atoms with Crippen molar-refractivity contribution in [3.63, 3.8) is 0 Å². The van der Waals surface area contributed by atoms with E-state index in [0.717, 1.165) is 45.1 Å². The van der Waals surface area contributed by atoms with Crippen LogP contribution >= 0.6 is 33.6 Å². The van der Waals surface area contributed by atoms with Gasteiger partial charge in [0, 0.05) is 26.9 Å². The van der Waals surface area contributed by atoms with E-state index in [9.17, 15) is 0 Å². The van der Waals surface area contributed by atoms with E-state index in [2.05, 4.69) is 207 Å². The third-order valence-electron chi connectivity index (χ3n) is 8.23. The van der Waals surface area contributed by atoms with Crippen LogP contribution in [0.2, 0.25) is 0 Å².